The van der Waals surface area contributed by atoms with E-state index in [0.29, 0.717) is 0 Å². The summed E-state index contributed by atoms with van der Waals surface area (Å²) in [6.45, 7) is 6.05. The van der Waals surface area contributed by atoms with Crippen molar-refractivity contribution in [3.63, 3.8) is 0 Å². The lowest BCUT2D eigenvalue weighted by molar-refractivity contribution is 0.236. The van der Waals surface area contributed by atoms with Crippen LogP contribution in [0.25, 0.3) is 0 Å². The zero-order valence-corrected chi connectivity index (χ0v) is 9.87. The topological polar surface area (TPSA) is 24.5 Å². The molecular weight excluding hydrogens is 188 g/mol. The van der Waals surface area contributed by atoms with Gasteiger partial charge < -0.3 is 15.0 Å². The van der Waals surface area contributed by atoms with Crippen molar-refractivity contribution in [3.8, 4) is 0 Å². The highest BCUT2D eigenvalue weighted by atomic mass is 16.5. The van der Waals surface area contributed by atoms with Gasteiger partial charge >= 0.3 is 0 Å². The first-order chi connectivity index (χ1) is 7.43. The molecule has 15 heavy (non-hydrogen) atoms. The lowest BCUT2D eigenvalue weighted by Gasteiger charge is -2.26. The second kappa shape index (κ2) is 8.74. The summed E-state index contributed by atoms with van der Waals surface area (Å²) < 4.78 is 4.85. The van der Waals surface area contributed by atoms with Crippen molar-refractivity contribution in [1.29, 1.82) is 0 Å². The van der Waals surface area contributed by atoms with E-state index in [9.17, 15) is 0 Å². The molecule has 0 aromatic heterocycles. The molecule has 0 bridgehead atoms. The molecule has 3 heteroatoms. The average Bonchev–Trinajstić information content (AvgIpc) is 2.29. The molecule has 0 aliphatic carbocycles. The van der Waals surface area contributed by atoms with E-state index in [-0.39, 0.29) is 0 Å². The van der Waals surface area contributed by atoms with Crippen molar-refractivity contribution in [3.05, 3.63) is 12.3 Å². The second-order valence-corrected chi connectivity index (χ2v) is 4.05. The van der Waals surface area contributed by atoms with Gasteiger partial charge in [0.05, 0.1) is 13.4 Å². The number of hydrogen-bond acceptors (Lipinski definition) is 3. The zero-order chi connectivity index (χ0) is 10.8. The van der Waals surface area contributed by atoms with Crippen LogP contribution in [0, 0.1) is 0 Å². The molecule has 0 saturated carbocycles. The van der Waals surface area contributed by atoms with Gasteiger partial charge in [-0.2, -0.15) is 0 Å². The number of unbranched alkanes of at least 4 members (excludes halogenated alkanes) is 3. The Balaban J connectivity index is 1.85. The number of nitrogens with one attached hydrogen (secondary N) is 1. The molecule has 1 aliphatic rings. The Morgan fingerprint density at radius 3 is 2.73 bits per heavy atom. The minimum atomic E-state index is 1.15. The van der Waals surface area contributed by atoms with Crippen molar-refractivity contribution < 1.29 is 4.74 Å². The standard InChI is InChI=1S/C12H24N2O/c1-15-12-6-4-2-3-5-9-14-10-7-13-8-11-14/h6,12-13H,2-5,7-11H2,1H3/b12-6+. The largest absolute Gasteiger partial charge is 0.505 e. The van der Waals surface area contributed by atoms with Crippen LogP contribution in [0.4, 0.5) is 0 Å². The van der Waals surface area contributed by atoms with Crippen molar-refractivity contribution >= 4 is 0 Å². The number of ether oxygens (including phenoxy) is 1. The summed E-state index contributed by atoms with van der Waals surface area (Å²) >= 11 is 0. The first kappa shape index (κ1) is 12.5. The smallest absolute Gasteiger partial charge is 0.0784 e. The average molecular weight is 212 g/mol. The first-order valence-electron chi connectivity index (χ1n) is 6.04. The predicted octanol–water partition coefficient (Wildman–Crippen LogP) is 1.61. The molecule has 1 aliphatic heterocycles. The molecule has 0 amide bonds. The minimum absolute atomic E-state index is 1.15. The Morgan fingerprint density at radius 2 is 2.00 bits per heavy atom. The van der Waals surface area contributed by atoms with Gasteiger partial charge in [-0.1, -0.05) is 6.42 Å². The first-order valence-corrected chi connectivity index (χ1v) is 6.04. The van der Waals surface area contributed by atoms with Crippen LogP contribution in [0.15, 0.2) is 12.3 Å². The van der Waals surface area contributed by atoms with Crippen LogP contribution in [0.3, 0.4) is 0 Å². The lowest BCUT2D eigenvalue weighted by atomic mass is 10.2. The van der Waals surface area contributed by atoms with E-state index in [1.165, 1.54) is 38.9 Å². The van der Waals surface area contributed by atoms with Gasteiger partial charge in [-0.3, -0.25) is 0 Å². The predicted molar refractivity (Wildman–Crippen MR) is 63.9 cm³/mol. The van der Waals surface area contributed by atoms with E-state index in [0.717, 1.165) is 19.5 Å². The molecular formula is C12H24N2O. The maximum Gasteiger partial charge on any atom is 0.0784 e. The minimum Gasteiger partial charge on any atom is -0.505 e. The molecule has 0 aromatic carbocycles. The van der Waals surface area contributed by atoms with Gasteiger partial charge in [0.2, 0.25) is 0 Å². The van der Waals surface area contributed by atoms with Crippen LogP contribution >= 0.6 is 0 Å². The number of hydrogen-bond donors (Lipinski definition) is 1. The van der Waals surface area contributed by atoms with Crippen molar-refractivity contribution in [1.82, 2.24) is 10.2 Å². The molecule has 0 spiro atoms. The maximum absolute atomic E-state index is 4.85. The lowest BCUT2D eigenvalue weighted by Crippen LogP contribution is -2.43. The number of allylic oxidation sites excluding steroid dienone is 1. The van der Waals surface area contributed by atoms with E-state index < -0.39 is 0 Å². The monoisotopic (exact) mass is 212 g/mol. The molecule has 0 radical (unpaired) electrons. The quantitative estimate of drug-likeness (QED) is 0.512. The Bertz CT molecular complexity index is 165. The highest BCUT2D eigenvalue weighted by Crippen LogP contribution is 2.03. The Labute approximate surface area is 93.5 Å². The third-order valence-electron chi connectivity index (χ3n) is 2.79. The van der Waals surface area contributed by atoms with Crippen LogP contribution < -0.4 is 5.32 Å². The van der Waals surface area contributed by atoms with Gasteiger partial charge in [-0.15, -0.1) is 0 Å². The van der Waals surface area contributed by atoms with E-state index in [1.807, 2.05) is 0 Å². The Hall–Kier alpha value is -0.540. The third-order valence-corrected chi connectivity index (χ3v) is 2.79. The second-order valence-electron chi connectivity index (χ2n) is 4.05. The summed E-state index contributed by atoms with van der Waals surface area (Å²) in [7, 11) is 1.70. The summed E-state index contributed by atoms with van der Waals surface area (Å²) in [5.74, 6) is 0. The fourth-order valence-corrected chi connectivity index (χ4v) is 1.87. The van der Waals surface area contributed by atoms with Gasteiger partial charge in [0.15, 0.2) is 0 Å². The molecule has 3 nitrogen and oxygen atoms in total. The number of rotatable bonds is 7. The van der Waals surface area contributed by atoms with Crippen LogP contribution in [0.2, 0.25) is 0 Å². The normalized spacial score (nSPS) is 18.5. The van der Waals surface area contributed by atoms with E-state index in [4.69, 9.17) is 4.74 Å². The van der Waals surface area contributed by atoms with E-state index >= 15 is 0 Å². The van der Waals surface area contributed by atoms with Crippen molar-refractivity contribution in [2.75, 3.05) is 39.8 Å². The summed E-state index contributed by atoms with van der Waals surface area (Å²) in [5.41, 5.74) is 0. The molecule has 1 N–H and O–H groups in total. The summed E-state index contributed by atoms with van der Waals surface area (Å²) in [6.07, 6.45) is 8.97. The van der Waals surface area contributed by atoms with Gasteiger partial charge in [-0.25, -0.2) is 0 Å². The van der Waals surface area contributed by atoms with E-state index in [1.54, 1.807) is 13.4 Å². The Morgan fingerprint density at radius 1 is 1.20 bits per heavy atom. The van der Waals surface area contributed by atoms with Crippen LogP contribution in [-0.4, -0.2) is 44.7 Å². The molecule has 88 valence electrons. The molecule has 0 atom stereocenters. The SMILES string of the molecule is CO/C=C/CCCCCN1CCNCC1. The van der Waals surface area contributed by atoms with Crippen LogP contribution in [-0.2, 0) is 4.74 Å². The number of methoxy groups -OCH3 is 1. The molecule has 1 heterocycles. The van der Waals surface area contributed by atoms with Crippen LogP contribution in [0.1, 0.15) is 25.7 Å². The van der Waals surface area contributed by atoms with Crippen molar-refractivity contribution in [2.24, 2.45) is 0 Å². The zero-order valence-electron chi connectivity index (χ0n) is 9.87. The third kappa shape index (κ3) is 6.52. The number of nitrogens with zero attached hydrogens (tertiary/aromatic N) is 1. The van der Waals surface area contributed by atoms with Gasteiger partial charge in [0, 0.05) is 26.2 Å². The maximum atomic E-state index is 4.85. The Kier molecular flexibility index (Phi) is 7.30. The molecule has 1 saturated heterocycles. The van der Waals surface area contributed by atoms with Gasteiger partial charge in [0.25, 0.3) is 0 Å². The summed E-state index contributed by atoms with van der Waals surface area (Å²) in [6, 6.07) is 0. The molecule has 1 rings (SSSR count). The molecule has 0 aromatic rings. The molecule has 1 fully saturated rings. The highest BCUT2D eigenvalue weighted by molar-refractivity contribution is 4.73. The fourth-order valence-electron chi connectivity index (χ4n) is 1.87. The highest BCUT2D eigenvalue weighted by Gasteiger charge is 2.07. The summed E-state index contributed by atoms with van der Waals surface area (Å²) in [5, 5.41) is 3.37. The van der Waals surface area contributed by atoms with Crippen LogP contribution in [0.5, 0.6) is 0 Å². The van der Waals surface area contributed by atoms with Crippen molar-refractivity contribution in [2.45, 2.75) is 25.7 Å². The fraction of sp³-hybridized carbons (Fsp3) is 0.833. The molecule has 0 unspecified atom stereocenters. The van der Waals surface area contributed by atoms with E-state index in [2.05, 4.69) is 16.3 Å². The number of piperazine rings is 1. The summed E-state index contributed by atoms with van der Waals surface area (Å²) in [4.78, 5) is 2.56. The van der Waals surface area contributed by atoms with Gasteiger partial charge in [0.1, 0.15) is 0 Å². The van der Waals surface area contributed by atoms with Gasteiger partial charge in [-0.05, 0) is 31.9 Å².